The highest BCUT2D eigenvalue weighted by Crippen LogP contribution is 2.23. The van der Waals surface area contributed by atoms with Gasteiger partial charge in [-0.2, -0.15) is 10.4 Å². The van der Waals surface area contributed by atoms with Crippen molar-refractivity contribution >= 4 is 0 Å². The molecule has 4 rings (SSSR count). The van der Waals surface area contributed by atoms with Gasteiger partial charge in [0.1, 0.15) is 5.82 Å². The molecule has 2 aliphatic rings. The molecule has 1 aliphatic carbocycles. The zero-order chi connectivity index (χ0) is 17.9. The highest BCUT2D eigenvalue weighted by molar-refractivity contribution is 5.33. The Balaban J connectivity index is 1.32. The molecule has 5 nitrogen and oxygen atoms in total. The number of H-pyrrole nitrogens is 1. The first-order chi connectivity index (χ1) is 12.7. The molecule has 1 fully saturated rings. The van der Waals surface area contributed by atoms with E-state index in [1.807, 2.05) is 6.07 Å². The topological polar surface area (TPSA) is 59.0 Å². The zero-order valence-electron chi connectivity index (χ0n) is 15.0. The van der Waals surface area contributed by atoms with Crippen LogP contribution < -0.4 is 0 Å². The van der Waals surface area contributed by atoms with Gasteiger partial charge in [0.25, 0.3) is 0 Å². The first kappa shape index (κ1) is 17.2. The van der Waals surface area contributed by atoms with E-state index in [-0.39, 0.29) is 5.82 Å². The van der Waals surface area contributed by atoms with E-state index >= 15 is 0 Å². The summed E-state index contributed by atoms with van der Waals surface area (Å²) in [6, 6.07) is 6.73. The van der Waals surface area contributed by atoms with Crippen molar-refractivity contribution in [2.45, 2.75) is 38.8 Å². The summed E-state index contributed by atoms with van der Waals surface area (Å²) < 4.78 is 14.1. The monoisotopic (exact) mass is 353 g/mol. The molecule has 0 atom stereocenters. The van der Waals surface area contributed by atoms with Crippen LogP contribution in [0, 0.1) is 17.1 Å². The van der Waals surface area contributed by atoms with Crippen molar-refractivity contribution in [2.24, 2.45) is 0 Å². The van der Waals surface area contributed by atoms with Crippen LogP contribution >= 0.6 is 0 Å². The van der Waals surface area contributed by atoms with Crippen molar-refractivity contribution in [3.05, 3.63) is 52.1 Å². The molecule has 0 saturated carbocycles. The number of benzene rings is 1. The fourth-order valence-electron chi connectivity index (χ4n) is 3.98. The molecule has 2 aromatic rings. The van der Waals surface area contributed by atoms with Crippen LogP contribution in [0.2, 0.25) is 0 Å². The minimum Gasteiger partial charge on any atom is -0.296 e. The highest BCUT2D eigenvalue weighted by atomic mass is 19.1. The summed E-state index contributed by atoms with van der Waals surface area (Å²) in [5, 5.41) is 16.6. The number of halogens is 1. The van der Waals surface area contributed by atoms with Gasteiger partial charge in [-0.05, 0) is 43.4 Å². The number of nitriles is 1. The quantitative estimate of drug-likeness (QED) is 0.918. The molecule has 1 N–H and O–H groups in total. The van der Waals surface area contributed by atoms with E-state index in [1.165, 1.54) is 35.9 Å². The third-order valence-corrected chi connectivity index (χ3v) is 5.56. The number of nitrogens with one attached hydrogen (secondary N) is 1. The van der Waals surface area contributed by atoms with Crippen LogP contribution in [0.15, 0.2) is 18.2 Å². The van der Waals surface area contributed by atoms with E-state index in [0.29, 0.717) is 17.7 Å². The van der Waals surface area contributed by atoms with Crippen molar-refractivity contribution < 1.29 is 4.39 Å². The van der Waals surface area contributed by atoms with E-state index in [2.05, 4.69) is 20.0 Å². The van der Waals surface area contributed by atoms with Crippen LogP contribution in [0.3, 0.4) is 0 Å². The Hall–Kier alpha value is -2.23. The third kappa shape index (κ3) is 3.64. The lowest BCUT2D eigenvalue weighted by Crippen LogP contribution is -2.45. The van der Waals surface area contributed by atoms with Crippen molar-refractivity contribution in [3.8, 4) is 6.07 Å². The fourth-order valence-corrected chi connectivity index (χ4v) is 3.98. The number of fused-ring (bicyclic) bond motifs is 1. The molecule has 0 spiro atoms. The maximum Gasteiger partial charge on any atom is 0.129 e. The average molecular weight is 353 g/mol. The molecule has 1 aliphatic heterocycles. The Morgan fingerprint density at radius 1 is 1.08 bits per heavy atom. The number of aromatic amines is 1. The summed E-state index contributed by atoms with van der Waals surface area (Å²) in [6.45, 7) is 5.30. The smallest absolute Gasteiger partial charge is 0.129 e. The molecular formula is C20H24FN5. The van der Waals surface area contributed by atoms with Crippen LogP contribution in [0.4, 0.5) is 4.39 Å². The standard InChI is InChI=1S/C20H24FN5/c21-18-11-15(12-22)5-6-16(18)13-25-7-9-26(10-8-25)14-20-17-3-1-2-4-19(17)23-24-20/h5-6,11H,1-4,7-10,13-14H2,(H,23,24). The van der Waals surface area contributed by atoms with E-state index in [4.69, 9.17) is 5.26 Å². The molecule has 2 heterocycles. The predicted octanol–water partition coefficient (Wildman–Crippen LogP) is 2.62. The average Bonchev–Trinajstić information content (AvgIpc) is 3.08. The second kappa shape index (κ2) is 7.56. The summed E-state index contributed by atoms with van der Waals surface area (Å²) in [4.78, 5) is 4.72. The summed E-state index contributed by atoms with van der Waals surface area (Å²) in [5.41, 5.74) is 5.03. The van der Waals surface area contributed by atoms with Gasteiger partial charge >= 0.3 is 0 Å². The first-order valence-electron chi connectivity index (χ1n) is 9.41. The van der Waals surface area contributed by atoms with Gasteiger partial charge < -0.3 is 0 Å². The number of piperazine rings is 1. The molecule has 1 aromatic heterocycles. The Morgan fingerprint density at radius 3 is 2.54 bits per heavy atom. The van der Waals surface area contributed by atoms with E-state index < -0.39 is 0 Å². The summed E-state index contributed by atoms with van der Waals surface area (Å²) in [7, 11) is 0. The van der Waals surface area contributed by atoms with Gasteiger partial charge in [0.15, 0.2) is 0 Å². The predicted molar refractivity (Wildman–Crippen MR) is 96.9 cm³/mol. The lowest BCUT2D eigenvalue weighted by Gasteiger charge is -2.34. The molecule has 0 bridgehead atoms. The maximum absolute atomic E-state index is 14.1. The summed E-state index contributed by atoms with van der Waals surface area (Å²) in [5.74, 6) is -0.283. The van der Waals surface area contributed by atoms with Crippen LogP contribution in [0.25, 0.3) is 0 Å². The van der Waals surface area contributed by atoms with E-state index in [1.54, 1.807) is 12.1 Å². The van der Waals surface area contributed by atoms with Gasteiger partial charge in [-0.15, -0.1) is 0 Å². The van der Waals surface area contributed by atoms with Crippen LogP contribution in [0.1, 0.15) is 40.9 Å². The number of hydrogen-bond acceptors (Lipinski definition) is 4. The van der Waals surface area contributed by atoms with Gasteiger partial charge in [-0.25, -0.2) is 4.39 Å². The van der Waals surface area contributed by atoms with Gasteiger partial charge in [-0.3, -0.25) is 14.9 Å². The number of rotatable bonds is 4. The summed E-state index contributed by atoms with van der Waals surface area (Å²) in [6.07, 6.45) is 4.81. The van der Waals surface area contributed by atoms with Crippen molar-refractivity contribution in [1.82, 2.24) is 20.0 Å². The van der Waals surface area contributed by atoms with Gasteiger partial charge in [0, 0.05) is 50.5 Å². The molecule has 1 saturated heterocycles. The Labute approximate surface area is 153 Å². The SMILES string of the molecule is N#Cc1ccc(CN2CCN(Cc3n[nH]c4c3CCCC4)CC2)c(F)c1. The second-order valence-electron chi connectivity index (χ2n) is 7.30. The van der Waals surface area contributed by atoms with Gasteiger partial charge in [0.2, 0.25) is 0 Å². The van der Waals surface area contributed by atoms with Crippen LogP contribution in [-0.4, -0.2) is 46.2 Å². The van der Waals surface area contributed by atoms with Crippen LogP contribution in [-0.2, 0) is 25.9 Å². The lowest BCUT2D eigenvalue weighted by molar-refractivity contribution is 0.120. The van der Waals surface area contributed by atoms with E-state index in [0.717, 1.165) is 45.6 Å². The number of hydrogen-bond donors (Lipinski definition) is 1. The first-order valence-corrected chi connectivity index (χ1v) is 9.41. The molecule has 0 radical (unpaired) electrons. The lowest BCUT2D eigenvalue weighted by atomic mass is 9.96. The molecule has 0 unspecified atom stereocenters. The number of nitrogens with zero attached hydrogens (tertiary/aromatic N) is 4. The van der Waals surface area contributed by atoms with Gasteiger partial charge in [-0.1, -0.05) is 6.07 Å². The largest absolute Gasteiger partial charge is 0.296 e. The Morgan fingerprint density at radius 2 is 1.81 bits per heavy atom. The number of aromatic nitrogens is 2. The second-order valence-corrected chi connectivity index (χ2v) is 7.30. The Kier molecular flexibility index (Phi) is 5.00. The highest BCUT2D eigenvalue weighted by Gasteiger charge is 2.22. The number of aryl methyl sites for hydroxylation is 1. The van der Waals surface area contributed by atoms with Crippen molar-refractivity contribution in [2.75, 3.05) is 26.2 Å². The van der Waals surface area contributed by atoms with Gasteiger partial charge in [0.05, 0.1) is 17.3 Å². The third-order valence-electron chi connectivity index (χ3n) is 5.56. The molecule has 136 valence electrons. The molecule has 6 heteroatoms. The minimum absolute atomic E-state index is 0.283. The molecule has 0 amide bonds. The van der Waals surface area contributed by atoms with E-state index in [9.17, 15) is 4.39 Å². The van der Waals surface area contributed by atoms with Crippen molar-refractivity contribution in [1.29, 1.82) is 5.26 Å². The summed E-state index contributed by atoms with van der Waals surface area (Å²) >= 11 is 0. The van der Waals surface area contributed by atoms with Crippen molar-refractivity contribution in [3.63, 3.8) is 0 Å². The normalized spacial score (nSPS) is 18.5. The molecule has 1 aromatic carbocycles. The fraction of sp³-hybridized carbons (Fsp3) is 0.500. The molecule has 26 heavy (non-hydrogen) atoms. The Bertz CT molecular complexity index is 814. The molecular weight excluding hydrogens is 329 g/mol. The maximum atomic E-state index is 14.1. The van der Waals surface area contributed by atoms with Crippen LogP contribution in [0.5, 0.6) is 0 Å². The minimum atomic E-state index is -0.283. The zero-order valence-corrected chi connectivity index (χ0v) is 15.0.